The van der Waals surface area contributed by atoms with Crippen LogP contribution in [0.2, 0.25) is 0 Å². The van der Waals surface area contributed by atoms with Gasteiger partial charge in [0.1, 0.15) is 9.68 Å². The number of hydrogen-bond acceptors (Lipinski definition) is 1. The number of nitrogens with one attached hydrogen (secondary N) is 1. The topological polar surface area (TPSA) is 12.0 Å². The molecule has 1 nitrogen and oxygen atoms in total. The zero-order valence-corrected chi connectivity index (χ0v) is 7.93. The molecule has 0 unspecified atom stereocenters. The van der Waals surface area contributed by atoms with Gasteiger partial charge >= 0.3 is 0 Å². The van der Waals surface area contributed by atoms with E-state index in [1.165, 1.54) is 10.8 Å². The highest BCUT2D eigenvalue weighted by atomic mass is 28.2. The lowest BCUT2D eigenvalue weighted by Crippen LogP contribution is -2.26. The van der Waals surface area contributed by atoms with Crippen molar-refractivity contribution in [2.24, 2.45) is 0 Å². The highest BCUT2D eigenvalue weighted by Crippen LogP contribution is 1.90. The van der Waals surface area contributed by atoms with Gasteiger partial charge in [0, 0.05) is 0 Å². The zero-order chi connectivity index (χ0) is 7.40. The molecule has 0 bridgehead atoms. The molecular formula is C8H13NSi. The van der Waals surface area contributed by atoms with Gasteiger partial charge in [0.25, 0.3) is 0 Å². The summed E-state index contributed by atoms with van der Waals surface area (Å²) < 4.78 is 0. The van der Waals surface area contributed by atoms with Crippen LogP contribution < -0.4 is 10.2 Å². The Morgan fingerprint density at radius 2 is 1.80 bits per heavy atom. The second kappa shape index (κ2) is 3.54. The molecule has 1 N–H and O–H groups in total. The predicted octanol–water partition coefficient (Wildman–Crippen LogP) is -0.0765. The molecule has 0 aromatic heterocycles. The van der Waals surface area contributed by atoms with Crippen molar-refractivity contribution < 1.29 is 0 Å². The number of aryl methyl sites for hydroxylation is 1. The Morgan fingerprint density at radius 1 is 1.20 bits per heavy atom. The predicted molar refractivity (Wildman–Crippen MR) is 48.4 cm³/mol. The van der Waals surface area contributed by atoms with Gasteiger partial charge in [0.2, 0.25) is 0 Å². The van der Waals surface area contributed by atoms with Gasteiger partial charge in [-0.05, 0) is 14.0 Å². The molecule has 0 radical (unpaired) electrons. The molecule has 0 amide bonds. The summed E-state index contributed by atoms with van der Waals surface area (Å²) in [7, 11) is 1.85. The van der Waals surface area contributed by atoms with Crippen molar-refractivity contribution in [3.8, 4) is 0 Å². The van der Waals surface area contributed by atoms with E-state index in [0.29, 0.717) is 0 Å². The quantitative estimate of drug-likeness (QED) is 0.583. The van der Waals surface area contributed by atoms with E-state index in [9.17, 15) is 0 Å². The molecule has 1 rings (SSSR count). The van der Waals surface area contributed by atoms with Gasteiger partial charge in [-0.1, -0.05) is 35.0 Å². The van der Waals surface area contributed by atoms with Crippen LogP contribution in [0, 0.1) is 6.92 Å². The summed E-state index contributed by atoms with van der Waals surface area (Å²) in [5.74, 6) is 0. The molecule has 0 spiro atoms. The minimum atomic E-state index is -0.167. The van der Waals surface area contributed by atoms with Crippen LogP contribution in [0.1, 0.15) is 5.56 Å². The maximum atomic E-state index is 3.24. The standard InChI is InChI=1S/C8H13NSi/c1-7-3-5-8(6-4-7)10-9-2/h3-6,9H,10H2,1-2H3. The van der Waals surface area contributed by atoms with E-state index in [-0.39, 0.29) is 9.68 Å². The van der Waals surface area contributed by atoms with Crippen LogP contribution in [0.4, 0.5) is 0 Å². The average Bonchev–Trinajstić information content (AvgIpc) is 1.95. The van der Waals surface area contributed by atoms with Crippen LogP contribution in [0.15, 0.2) is 24.3 Å². The normalized spacial score (nSPS) is 11.0. The fourth-order valence-corrected chi connectivity index (χ4v) is 1.79. The van der Waals surface area contributed by atoms with Crippen LogP contribution in [0.25, 0.3) is 0 Å². The zero-order valence-electron chi connectivity index (χ0n) is 6.52. The van der Waals surface area contributed by atoms with Crippen LogP contribution in [0.5, 0.6) is 0 Å². The fourth-order valence-electron chi connectivity index (χ4n) is 0.910. The van der Waals surface area contributed by atoms with E-state index in [2.05, 4.69) is 36.2 Å². The smallest absolute Gasteiger partial charge is 0.124 e. The third kappa shape index (κ3) is 1.97. The summed E-state index contributed by atoms with van der Waals surface area (Å²) >= 11 is 0. The van der Waals surface area contributed by atoms with Crippen LogP contribution in [-0.4, -0.2) is 16.7 Å². The van der Waals surface area contributed by atoms with E-state index < -0.39 is 0 Å². The van der Waals surface area contributed by atoms with Crippen molar-refractivity contribution >= 4 is 14.9 Å². The van der Waals surface area contributed by atoms with E-state index in [4.69, 9.17) is 0 Å². The molecule has 0 heterocycles. The van der Waals surface area contributed by atoms with Crippen LogP contribution >= 0.6 is 0 Å². The molecule has 0 aliphatic carbocycles. The number of benzene rings is 1. The Morgan fingerprint density at radius 3 is 2.30 bits per heavy atom. The molecule has 0 fully saturated rings. The number of hydrogen-bond donors (Lipinski definition) is 1. The Hall–Kier alpha value is -0.603. The Labute approximate surface area is 64.4 Å². The van der Waals surface area contributed by atoms with E-state index in [0.717, 1.165) is 0 Å². The Balaban J connectivity index is 2.69. The first kappa shape index (κ1) is 7.50. The van der Waals surface area contributed by atoms with E-state index in [1.807, 2.05) is 7.05 Å². The molecule has 10 heavy (non-hydrogen) atoms. The summed E-state index contributed by atoms with van der Waals surface area (Å²) in [6.45, 7) is 2.12. The van der Waals surface area contributed by atoms with Crippen molar-refractivity contribution in [3.63, 3.8) is 0 Å². The molecule has 0 atom stereocenters. The van der Waals surface area contributed by atoms with Crippen molar-refractivity contribution in [2.45, 2.75) is 6.92 Å². The molecule has 1 aromatic rings. The monoisotopic (exact) mass is 151 g/mol. The van der Waals surface area contributed by atoms with Gasteiger partial charge in [-0.3, -0.25) is 0 Å². The van der Waals surface area contributed by atoms with E-state index in [1.54, 1.807) is 0 Å². The van der Waals surface area contributed by atoms with Crippen molar-refractivity contribution in [1.82, 2.24) is 4.98 Å². The third-order valence-electron chi connectivity index (χ3n) is 1.50. The van der Waals surface area contributed by atoms with Gasteiger partial charge in [-0.2, -0.15) is 0 Å². The Kier molecular flexibility index (Phi) is 2.65. The lowest BCUT2D eigenvalue weighted by molar-refractivity contribution is 1.25. The van der Waals surface area contributed by atoms with Gasteiger partial charge in [-0.15, -0.1) is 0 Å². The highest BCUT2D eigenvalue weighted by molar-refractivity contribution is 6.50. The SMILES string of the molecule is CN[SiH2]c1ccc(C)cc1. The molecule has 1 aromatic carbocycles. The Bertz CT molecular complexity index is 193. The van der Waals surface area contributed by atoms with Gasteiger partial charge < -0.3 is 4.98 Å². The average molecular weight is 151 g/mol. The first-order valence-corrected chi connectivity index (χ1v) is 4.94. The third-order valence-corrected chi connectivity index (χ3v) is 2.73. The minimum Gasteiger partial charge on any atom is -0.341 e. The number of rotatable bonds is 2. The summed E-state index contributed by atoms with van der Waals surface area (Å²) in [4.78, 5) is 3.24. The molecule has 0 aliphatic heterocycles. The second-order valence-electron chi connectivity index (χ2n) is 2.52. The van der Waals surface area contributed by atoms with Crippen molar-refractivity contribution in [2.75, 3.05) is 7.05 Å². The highest BCUT2D eigenvalue weighted by Gasteiger charge is 1.88. The first-order chi connectivity index (χ1) is 4.83. The summed E-state index contributed by atoms with van der Waals surface area (Å²) in [6.07, 6.45) is 0. The minimum absolute atomic E-state index is 0.167. The maximum absolute atomic E-state index is 3.24. The molecule has 2 heteroatoms. The van der Waals surface area contributed by atoms with E-state index >= 15 is 0 Å². The fraction of sp³-hybridized carbons (Fsp3) is 0.250. The van der Waals surface area contributed by atoms with Gasteiger partial charge in [-0.25, -0.2) is 0 Å². The molecule has 0 saturated heterocycles. The summed E-state index contributed by atoms with van der Waals surface area (Å²) in [5.41, 5.74) is 1.34. The summed E-state index contributed by atoms with van der Waals surface area (Å²) in [5, 5.41) is 1.48. The lowest BCUT2D eigenvalue weighted by Gasteiger charge is -1.97. The van der Waals surface area contributed by atoms with Crippen LogP contribution in [0.3, 0.4) is 0 Å². The maximum Gasteiger partial charge on any atom is 0.124 e. The first-order valence-electron chi connectivity index (χ1n) is 3.53. The second-order valence-corrected chi connectivity index (χ2v) is 4.39. The van der Waals surface area contributed by atoms with Gasteiger partial charge in [0.15, 0.2) is 0 Å². The molecule has 54 valence electrons. The largest absolute Gasteiger partial charge is 0.341 e. The van der Waals surface area contributed by atoms with Crippen molar-refractivity contribution in [3.05, 3.63) is 29.8 Å². The van der Waals surface area contributed by atoms with Crippen molar-refractivity contribution in [1.29, 1.82) is 0 Å². The van der Waals surface area contributed by atoms with Crippen LogP contribution in [-0.2, 0) is 0 Å². The lowest BCUT2D eigenvalue weighted by atomic mass is 10.2. The molecular weight excluding hydrogens is 138 g/mol. The molecule has 0 saturated carbocycles. The summed E-state index contributed by atoms with van der Waals surface area (Å²) in [6, 6.07) is 8.75. The molecule has 0 aliphatic rings. The van der Waals surface area contributed by atoms with Gasteiger partial charge in [0.05, 0.1) is 0 Å².